The van der Waals surface area contributed by atoms with Crippen LogP contribution in [0.4, 0.5) is 0 Å². The fourth-order valence-corrected chi connectivity index (χ4v) is 3.87. The molecule has 0 bridgehead atoms. The van der Waals surface area contributed by atoms with Crippen molar-refractivity contribution in [2.75, 3.05) is 60.7 Å². The van der Waals surface area contributed by atoms with Crippen molar-refractivity contribution in [3.63, 3.8) is 0 Å². The van der Waals surface area contributed by atoms with Crippen LogP contribution >= 0.6 is 0 Å². The van der Waals surface area contributed by atoms with E-state index in [4.69, 9.17) is 18.9 Å². The van der Waals surface area contributed by atoms with Gasteiger partial charge in [0, 0.05) is 45.4 Å². The van der Waals surface area contributed by atoms with Gasteiger partial charge in [-0.05, 0) is 36.8 Å². The molecule has 0 N–H and O–H groups in total. The zero-order chi connectivity index (χ0) is 22.9. The van der Waals surface area contributed by atoms with Crippen molar-refractivity contribution in [3.8, 4) is 11.5 Å². The van der Waals surface area contributed by atoms with E-state index in [1.807, 2.05) is 48.2 Å². The number of nitrogens with zero attached hydrogens (tertiary/aromatic N) is 2. The van der Waals surface area contributed by atoms with Crippen LogP contribution < -0.4 is 9.47 Å². The lowest BCUT2D eigenvalue weighted by Gasteiger charge is -2.36. The number of carbonyl (C=O) groups excluding carboxylic acids is 1. The lowest BCUT2D eigenvalue weighted by Crippen LogP contribution is -2.49. The van der Waals surface area contributed by atoms with Crippen molar-refractivity contribution in [2.24, 2.45) is 0 Å². The minimum Gasteiger partial charge on any atom is -0.493 e. The Labute approximate surface area is 190 Å². The first-order chi connectivity index (χ1) is 15.5. The largest absolute Gasteiger partial charge is 0.493 e. The molecule has 2 aromatic carbocycles. The molecule has 1 amide bonds. The van der Waals surface area contributed by atoms with Gasteiger partial charge in [-0.25, -0.2) is 0 Å². The average molecular weight is 443 g/mol. The van der Waals surface area contributed by atoms with E-state index in [9.17, 15) is 4.79 Å². The molecule has 7 heteroatoms. The average Bonchev–Trinajstić information content (AvgIpc) is 2.82. The van der Waals surface area contributed by atoms with E-state index in [0.717, 1.165) is 42.3 Å². The number of carbonyl (C=O) groups is 1. The summed E-state index contributed by atoms with van der Waals surface area (Å²) >= 11 is 0. The third-order valence-electron chi connectivity index (χ3n) is 5.65. The van der Waals surface area contributed by atoms with E-state index in [2.05, 4.69) is 11.0 Å². The van der Waals surface area contributed by atoms with E-state index < -0.39 is 0 Å². The first-order valence-electron chi connectivity index (χ1n) is 10.9. The van der Waals surface area contributed by atoms with Gasteiger partial charge in [0.05, 0.1) is 33.5 Å². The molecular formula is C25H34N2O5. The Morgan fingerprint density at radius 1 is 1.09 bits per heavy atom. The Bertz CT molecular complexity index is 871. The molecule has 0 aromatic heterocycles. The van der Waals surface area contributed by atoms with Crippen molar-refractivity contribution >= 4 is 5.91 Å². The molecule has 1 atom stereocenters. The lowest BCUT2D eigenvalue weighted by atomic mass is 10.1. The molecule has 1 fully saturated rings. The number of benzene rings is 2. The summed E-state index contributed by atoms with van der Waals surface area (Å²) in [6, 6.07) is 13.7. The highest BCUT2D eigenvalue weighted by atomic mass is 16.5. The van der Waals surface area contributed by atoms with Gasteiger partial charge in [-0.2, -0.15) is 0 Å². The maximum Gasteiger partial charge on any atom is 0.254 e. The molecule has 0 saturated carbocycles. The maximum absolute atomic E-state index is 13.1. The Hall–Kier alpha value is -2.61. The summed E-state index contributed by atoms with van der Waals surface area (Å²) in [6.45, 7) is 6.56. The molecule has 7 nitrogen and oxygen atoms in total. The fourth-order valence-electron chi connectivity index (χ4n) is 3.87. The quantitative estimate of drug-likeness (QED) is 0.564. The van der Waals surface area contributed by atoms with E-state index in [-0.39, 0.29) is 12.0 Å². The number of hydrogen-bond donors (Lipinski definition) is 0. The van der Waals surface area contributed by atoms with Gasteiger partial charge in [-0.15, -0.1) is 0 Å². The minimum absolute atomic E-state index is 0.00247. The van der Waals surface area contributed by atoms with Gasteiger partial charge in [0.15, 0.2) is 11.5 Å². The summed E-state index contributed by atoms with van der Waals surface area (Å²) in [5.74, 6) is 1.45. The minimum atomic E-state index is -0.0600. The maximum atomic E-state index is 13.1. The van der Waals surface area contributed by atoms with Gasteiger partial charge < -0.3 is 23.8 Å². The zero-order valence-electron chi connectivity index (χ0n) is 19.5. The Morgan fingerprint density at radius 3 is 2.53 bits per heavy atom. The second-order valence-electron chi connectivity index (χ2n) is 8.03. The van der Waals surface area contributed by atoms with Crippen molar-refractivity contribution < 1.29 is 23.7 Å². The predicted molar refractivity (Wildman–Crippen MR) is 124 cm³/mol. The summed E-state index contributed by atoms with van der Waals surface area (Å²) < 4.78 is 22.0. The van der Waals surface area contributed by atoms with Gasteiger partial charge >= 0.3 is 0 Å². The van der Waals surface area contributed by atoms with Gasteiger partial charge in [0.25, 0.3) is 5.91 Å². The number of ether oxygens (including phenoxy) is 4. The molecule has 2 aromatic rings. The number of aryl methyl sites for hydroxylation is 1. The third kappa shape index (κ3) is 6.45. The van der Waals surface area contributed by atoms with Gasteiger partial charge in [0.1, 0.15) is 0 Å². The monoisotopic (exact) mass is 442 g/mol. The summed E-state index contributed by atoms with van der Waals surface area (Å²) in [7, 11) is 4.93. The summed E-state index contributed by atoms with van der Waals surface area (Å²) in [6.07, 6.45) is -0.0600. The summed E-state index contributed by atoms with van der Waals surface area (Å²) in [5.41, 5.74) is 2.96. The molecule has 3 rings (SSSR count). The molecule has 0 aliphatic carbocycles. The highest BCUT2D eigenvalue weighted by Crippen LogP contribution is 2.28. The molecule has 0 spiro atoms. The first kappa shape index (κ1) is 24.0. The van der Waals surface area contributed by atoms with Crippen molar-refractivity contribution in [1.82, 2.24) is 9.80 Å². The SMILES string of the molecule is COCCN(CC1CN(Cc2ccc(OC)c(OC)c2)CCO1)C(=O)c1ccc(C)cc1. The zero-order valence-corrected chi connectivity index (χ0v) is 19.5. The van der Waals surface area contributed by atoms with Crippen LogP contribution in [0.25, 0.3) is 0 Å². The molecule has 1 heterocycles. The van der Waals surface area contributed by atoms with Crippen LogP contribution in [0.2, 0.25) is 0 Å². The third-order valence-corrected chi connectivity index (χ3v) is 5.65. The molecule has 1 aliphatic rings. The van der Waals surface area contributed by atoms with Crippen LogP contribution in [0, 0.1) is 6.92 Å². The van der Waals surface area contributed by atoms with Gasteiger partial charge in [-0.1, -0.05) is 23.8 Å². The highest BCUT2D eigenvalue weighted by molar-refractivity contribution is 5.94. The number of morpholine rings is 1. The van der Waals surface area contributed by atoms with Gasteiger partial charge in [-0.3, -0.25) is 9.69 Å². The molecule has 174 valence electrons. The summed E-state index contributed by atoms with van der Waals surface area (Å²) in [4.78, 5) is 17.3. The molecule has 0 radical (unpaired) electrons. The van der Waals surface area contributed by atoms with Crippen LogP contribution in [-0.2, 0) is 16.0 Å². The summed E-state index contributed by atoms with van der Waals surface area (Å²) in [5, 5.41) is 0. The fraction of sp³-hybridized carbons (Fsp3) is 0.480. The topological polar surface area (TPSA) is 60.5 Å². The smallest absolute Gasteiger partial charge is 0.254 e. The van der Waals surface area contributed by atoms with Crippen LogP contribution in [0.15, 0.2) is 42.5 Å². The van der Waals surface area contributed by atoms with Crippen LogP contribution in [-0.4, -0.2) is 82.5 Å². The second kappa shape index (κ2) is 11.9. The van der Waals surface area contributed by atoms with Crippen LogP contribution in [0.1, 0.15) is 21.5 Å². The number of hydrogen-bond acceptors (Lipinski definition) is 6. The van der Waals surface area contributed by atoms with E-state index >= 15 is 0 Å². The van der Waals surface area contributed by atoms with Crippen LogP contribution in [0.5, 0.6) is 11.5 Å². The number of methoxy groups -OCH3 is 3. The van der Waals surface area contributed by atoms with Crippen molar-refractivity contribution in [1.29, 1.82) is 0 Å². The standard InChI is InChI=1S/C25H34N2O5/c1-19-5-8-21(9-6-19)25(28)27(12-13-29-2)18-22-17-26(11-14-32-22)16-20-7-10-23(30-3)24(15-20)31-4/h5-10,15,22H,11-14,16-18H2,1-4H3. The van der Waals surface area contributed by atoms with Gasteiger partial charge in [0.2, 0.25) is 0 Å². The number of amides is 1. The lowest BCUT2D eigenvalue weighted by molar-refractivity contribution is -0.0444. The molecule has 1 saturated heterocycles. The van der Waals surface area contributed by atoms with E-state index in [0.29, 0.717) is 31.9 Å². The predicted octanol–water partition coefficient (Wildman–Crippen LogP) is 3.00. The molecule has 32 heavy (non-hydrogen) atoms. The molecular weight excluding hydrogens is 408 g/mol. The highest BCUT2D eigenvalue weighted by Gasteiger charge is 2.26. The van der Waals surface area contributed by atoms with Crippen molar-refractivity contribution in [3.05, 3.63) is 59.2 Å². The van der Waals surface area contributed by atoms with Crippen molar-refractivity contribution in [2.45, 2.75) is 19.6 Å². The van der Waals surface area contributed by atoms with E-state index in [1.54, 1.807) is 21.3 Å². The Morgan fingerprint density at radius 2 is 1.84 bits per heavy atom. The molecule has 1 aliphatic heterocycles. The van der Waals surface area contributed by atoms with E-state index in [1.165, 1.54) is 0 Å². The van der Waals surface area contributed by atoms with Crippen LogP contribution in [0.3, 0.4) is 0 Å². The Kier molecular flexibility index (Phi) is 8.90. The normalized spacial score (nSPS) is 16.6. The second-order valence-corrected chi connectivity index (χ2v) is 8.03. The molecule has 1 unspecified atom stereocenters. The Balaban J connectivity index is 1.64. The first-order valence-corrected chi connectivity index (χ1v) is 10.9. The number of rotatable bonds is 10.